The van der Waals surface area contributed by atoms with Crippen LogP contribution in [0.1, 0.15) is 15.9 Å². The van der Waals surface area contributed by atoms with E-state index in [9.17, 15) is 4.79 Å². The average Bonchev–Trinajstić information content (AvgIpc) is 3.13. The predicted octanol–water partition coefficient (Wildman–Crippen LogP) is 4.63. The summed E-state index contributed by atoms with van der Waals surface area (Å²) in [5, 5.41) is 2.92. The molecule has 0 aliphatic carbocycles. The number of aromatic amines is 1. The summed E-state index contributed by atoms with van der Waals surface area (Å²) in [7, 11) is 1.64. The molecule has 0 aliphatic rings. The first-order valence-electron chi connectivity index (χ1n) is 8.67. The SMILES string of the molecule is COCc1cccc(C(=O)Nc2ccc(-c3nc4ccccc4[nH]3)cc2)c1. The summed E-state index contributed by atoms with van der Waals surface area (Å²) in [6.07, 6.45) is 0. The number of rotatable bonds is 5. The maximum atomic E-state index is 12.5. The number of aromatic nitrogens is 2. The molecular formula is C22H19N3O2. The van der Waals surface area contributed by atoms with E-state index in [1.165, 1.54) is 0 Å². The number of imidazole rings is 1. The Morgan fingerprint density at radius 3 is 2.63 bits per heavy atom. The smallest absolute Gasteiger partial charge is 0.255 e. The fourth-order valence-corrected chi connectivity index (χ4v) is 2.97. The minimum absolute atomic E-state index is 0.149. The second-order valence-electron chi connectivity index (χ2n) is 6.27. The molecule has 4 aromatic rings. The lowest BCUT2D eigenvalue weighted by Crippen LogP contribution is -2.12. The molecule has 0 saturated heterocycles. The van der Waals surface area contributed by atoms with E-state index < -0.39 is 0 Å². The van der Waals surface area contributed by atoms with Crippen molar-refractivity contribution >= 4 is 22.6 Å². The molecule has 0 atom stereocenters. The van der Waals surface area contributed by atoms with Gasteiger partial charge in [-0.1, -0.05) is 24.3 Å². The Kier molecular flexibility index (Phi) is 4.68. The third kappa shape index (κ3) is 3.73. The maximum Gasteiger partial charge on any atom is 0.255 e. The van der Waals surface area contributed by atoms with Crippen LogP contribution in [0.4, 0.5) is 5.69 Å². The van der Waals surface area contributed by atoms with Crippen molar-refractivity contribution in [3.63, 3.8) is 0 Å². The summed E-state index contributed by atoms with van der Waals surface area (Å²) in [5.74, 6) is 0.658. The van der Waals surface area contributed by atoms with Gasteiger partial charge in [0.15, 0.2) is 0 Å². The number of methoxy groups -OCH3 is 1. The van der Waals surface area contributed by atoms with Crippen LogP contribution in [0, 0.1) is 0 Å². The van der Waals surface area contributed by atoms with E-state index >= 15 is 0 Å². The van der Waals surface area contributed by atoms with Gasteiger partial charge in [-0.15, -0.1) is 0 Å². The van der Waals surface area contributed by atoms with E-state index in [2.05, 4.69) is 15.3 Å². The zero-order chi connectivity index (χ0) is 18.6. The first-order chi connectivity index (χ1) is 13.2. The fraction of sp³-hybridized carbons (Fsp3) is 0.0909. The number of hydrogen-bond donors (Lipinski definition) is 2. The van der Waals surface area contributed by atoms with Crippen molar-refractivity contribution in [1.82, 2.24) is 9.97 Å². The van der Waals surface area contributed by atoms with Crippen LogP contribution in [0.15, 0.2) is 72.8 Å². The Morgan fingerprint density at radius 2 is 1.85 bits per heavy atom. The van der Waals surface area contributed by atoms with Gasteiger partial charge < -0.3 is 15.0 Å². The van der Waals surface area contributed by atoms with E-state index in [1.807, 2.05) is 66.7 Å². The van der Waals surface area contributed by atoms with Crippen LogP contribution in [0.5, 0.6) is 0 Å². The van der Waals surface area contributed by atoms with Gasteiger partial charge in [0.25, 0.3) is 5.91 Å². The molecule has 0 bridgehead atoms. The van der Waals surface area contributed by atoms with Gasteiger partial charge in [0.2, 0.25) is 0 Å². The minimum Gasteiger partial charge on any atom is -0.380 e. The van der Waals surface area contributed by atoms with Gasteiger partial charge >= 0.3 is 0 Å². The number of para-hydroxylation sites is 2. The molecule has 5 nitrogen and oxygen atoms in total. The van der Waals surface area contributed by atoms with Crippen LogP contribution >= 0.6 is 0 Å². The number of carbonyl (C=O) groups excluding carboxylic acids is 1. The summed E-state index contributed by atoms with van der Waals surface area (Å²) in [5.41, 5.74) is 5.20. The van der Waals surface area contributed by atoms with Crippen molar-refractivity contribution in [2.75, 3.05) is 12.4 Å². The molecule has 0 unspecified atom stereocenters. The Labute approximate surface area is 157 Å². The lowest BCUT2D eigenvalue weighted by atomic mass is 10.1. The van der Waals surface area contributed by atoms with Crippen molar-refractivity contribution in [1.29, 1.82) is 0 Å². The van der Waals surface area contributed by atoms with Crippen molar-refractivity contribution in [3.05, 3.63) is 83.9 Å². The molecule has 0 aliphatic heterocycles. The average molecular weight is 357 g/mol. The van der Waals surface area contributed by atoms with Gasteiger partial charge in [0, 0.05) is 23.9 Å². The Morgan fingerprint density at radius 1 is 1.04 bits per heavy atom. The number of nitrogens with zero attached hydrogens (tertiary/aromatic N) is 1. The Hall–Kier alpha value is -3.44. The summed E-state index contributed by atoms with van der Waals surface area (Å²) < 4.78 is 5.12. The highest BCUT2D eigenvalue weighted by atomic mass is 16.5. The van der Waals surface area contributed by atoms with Crippen molar-refractivity contribution in [2.45, 2.75) is 6.61 Å². The number of ether oxygens (including phenoxy) is 1. The number of benzene rings is 3. The number of H-pyrrole nitrogens is 1. The van der Waals surface area contributed by atoms with Crippen LogP contribution in [-0.2, 0) is 11.3 Å². The van der Waals surface area contributed by atoms with Gasteiger partial charge in [-0.25, -0.2) is 4.98 Å². The fourth-order valence-electron chi connectivity index (χ4n) is 2.97. The van der Waals surface area contributed by atoms with Crippen LogP contribution in [0.25, 0.3) is 22.4 Å². The second-order valence-corrected chi connectivity index (χ2v) is 6.27. The van der Waals surface area contributed by atoms with Crippen LogP contribution in [-0.4, -0.2) is 23.0 Å². The molecule has 27 heavy (non-hydrogen) atoms. The highest BCUT2D eigenvalue weighted by Crippen LogP contribution is 2.22. The van der Waals surface area contributed by atoms with Crippen molar-refractivity contribution < 1.29 is 9.53 Å². The number of amides is 1. The van der Waals surface area contributed by atoms with Crippen LogP contribution < -0.4 is 5.32 Å². The van der Waals surface area contributed by atoms with E-state index in [-0.39, 0.29) is 5.91 Å². The van der Waals surface area contributed by atoms with E-state index in [4.69, 9.17) is 4.74 Å². The third-order valence-electron chi connectivity index (χ3n) is 4.31. The topological polar surface area (TPSA) is 67.0 Å². The minimum atomic E-state index is -0.149. The number of carbonyl (C=O) groups is 1. The highest BCUT2D eigenvalue weighted by Gasteiger charge is 2.08. The molecule has 4 rings (SSSR count). The summed E-state index contributed by atoms with van der Waals surface area (Å²) in [6, 6.07) is 23.0. The van der Waals surface area contributed by atoms with E-state index in [0.29, 0.717) is 12.2 Å². The molecule has 0 radical (unpaired) electrons. The zero-order valence-electron chi connectivity index (χ0n) is 14.9. The summed E-state index contributed by atoms with van der Waals surface area (Å²) >= 11 is 0. The Balaban J connectivity index is 1.50. The van der Waals surface area contributed by atoms with Crippen molar-refractivity contribution in [2.24, 2.45) is 0 Å². The van der Waals surface area contributed by atoms with Gasteiger partial charge in [0.05, 0.1) is 17.6 Å². The quantitative estimate of drug-likeness (QED) is 0.547. The van der Waals surface area contributed by atoms with Gasteiger partial charge in [-0.2, -0.15) is 0 Å². The number of anilines is 1. The molecule has 1 aromatic heterocycles. The Bertz CT molecular complexity index is 1050. The predicted molar refractivity (Wildman–Crippen MR) is 107 cm³/mol. The standard InChI is InChI=1S/C22H19N3O2/c1-27-14-15-5-4-6-17(13-15)22(26)23-18-11-9-16(10-12-18)21-24-19-7-2-3-8-20(19)25-21/h2-13H,14H2,1H3,(H,23,26)(H,24,25). The molecule has 0 spiro atoms. The summed E-state index contributed by atoms with van der Waals surface area (Å²) in [4.78, 5) is 20.4. The van der Waals surface area contributed by atoms with E-state index in [1.54, 1.807) is 13.2 Å². The molecule has 0 fully saturated rings. The third-order valence-corrected chi connectivity index (χ3v) is 4.31. The van der Waals surface area contributed by atoms with Gasteiger partial charge in [-0.3, -0.25) is 4.79 Å². The van der Waals surface area contributed by atoms with Gasteiger partial charge in [-0.05, 0) is 54.1 Å². The molecule has 1 amide bonds. The molecule has 1 heterocycles. The first-order valence-corrected chi connectivity index (χ1v) is 8.67. The van der Waals surface area contributed by atoms with Crippen LogP contribution in [0.3, 0.4) is 0 Å². The number of nitrogens with one attached hydrogen (secondary N) is 2. The molecule has 3 aromatic carbocycles. The highest BCUT2D eigenvalue weighted by molar-refractivity contribution is 6.04. The normalized spacial score (nSPS) is 10.9. The van der Waals surface area contributed by atoms with E-state index in [0.717, 1.165) is 33.7 Å². The number of hydrogen-bond acceptors (Lipinski definition) is 3. The molecular weight excluding hydrogens is 338 g/mol. The molecule has 5 heteroatoms. The lowest BCUT2D eigenvalue weighted by Gasteiger charge is -2.07. The summed E-state index contributed by atoms with van der Waals surface area (Å²) in [6.45, 7) is 0.479. The largest absolute Gasteiger partial charge is 0.380 e. The number of fused-ring (bicyclic) bond motifs is 1. The monoisotopic (exact) mass is 357 g/mol. The molecule has 134 valence electrons. The maximum absolute atomic E-state index is 12.5. The molecule has 2 N–H and O–H groups in total. The van der Waals surface area contributed by atoms with Crippen molar-refractivity contribution in [3.8, 4) is 11.4 Å². The van der Waals surface area contributed by atoms with Gasteiger partial charge in [0.1, 0.15) is 5.82 Å². The van der Waals surface area contributed by atoms with Crippen LogP contribution in [0.2, 0.25) is 0 Å². The second kappa shape index (κ2) is 7.43. The molecule has 0 saturated carbocycles. The lowest BCUT2D eigenvalue weighted by molar-refractivity contribution is 0.102. The first kappa shape index (κ1) is 17.0. The zero-order valence-corrected chi connectivity index (χ0v) is 14.9.